The van der Waals surface area contributed by atoms with Crippen molar-refractivity contribution in [1.29, 1.82) is 0 Å². The maximum atomic E-state index is 12.0. The standard InChI is InChI=1S/C12H22N2O3/c1-2-9(6-13)5-11(15)14(8-12(16)17)7-10-3-4-10/h9-10H,2-8,13H2,1H3,(H,16,17). The lowest BCUT2D eigenvalue weighted by Gasteiger charge is -2.22. The van der Waals surface area contributed by atoms with Crippen LogP contribution in [0.1, 0.15) is 32.6 Å². The second-order valence-electron chi connectivity index (χ2n) is 4.83. The van der Waals surface area contributed by atoms with Crippen LogP contribution in [0.25, 0.3) is 0 Å². The molecular formula is C12H22N2O3. The molecule has 98 valence electrons. The Labute approximate surface area is 102 Å². The summed E-state index contributed by atoms with van der Waals surface area (Å²) in [5.41, 5.74) is 5.56. The van der Waals surface area contributed by atoms with Crippen LogP contribution >= 0.6 is 0 Å². The molecule has 1 aliphatic carbocycles. The summed E-state index contributed by atoms with van der Waals surface area (Å²) < 4.78 is 0. The van der Waals surface area contributed by atoms with Crippen LogP contribution in [0.2, 0.25) is 0 Å². The molecule has 0 radical (unpaired) electrons. The fraction of sp³-hybridized carbons (Fsp3) is 0.833. The molecule has 5 heteroatoms. The van der Waals surface area contributed by atoms with E-state index in [1.165, 1.54) is 4.90 Å². The first-order chi connectivity index (χ1) is 8.06. The Morgan fingerprint density at radius 1 is 1.47 bits per heavy atom. The van der Waals surface area contributed by atoms with E-state index < -0.39 is 5.97 Å². The number of carboxylic acid groups (broad SMARTS) is 1. The number of carboxylic acids is 1. The van der Waals surface area contributed by atoms with E-state index in [1.807, 2.05) is 6.92 Å². The molecule has 0 aromatic heterocycles. The van der Waals surface area contributed by atoms with Crippen LogP contribution < -0.4 is 5.73 Å². The number of carbonyl (C=O) groups excluding carboxylic acids is 1. The predicted molar refractivity (Wildman–Crippen MR) is 64.4 cm³/mol. The molecule has 0 heterocycles. The molecule has 1 amide bonds. The number of hydrogen-bond acceptors (Lipinski definition) is 3. The number of rotatable bonds is 8. The van der Waals surface area contributed by atoms with E-state index in [1.54, 1.807) is 0 Å². The minimum atomic E-state index is -0.945. The van der Waals surface area contributed by atoms with Crippen molar-refractivity contribution in [1.82, 2.24) is 4.90 Å². The van der Waals surface area contributed by atoms with Gasteiger partial charge in [-0.3, -0.25) is 9.59 Å². The lowest BCUT2D eigenvalue weighted by molar-refractivity contribution is -0.145. The minimum absolute atomic E-state index is 0.0726. The Morgan fingerprint density at radius 3 is 2.53 bits per heavy atom. The maximum absolute atomic E-state index is 12.0. The van der Waals surface area contributed by atoms with Crippen LogP contribution in [0.4, 0.5) is 0 Å². The highest BCUT2D eigenvalue weighted by molar-refractivity contribution is 5.81. The first-order valence-corrected chi connectivity index (χ1v) is 6.26. The van der Waals surface area contributed by atoms with E-state index in [4.69, 9.17) is 10.8 Å². The highest BCUT2D eigenvalue weighted by Gasteiger charge is 2.28. The van der Waals surface area contributed by atoms with Gasteiger partial charge in [0.2, 0.25) is 5.91 Å². The van der Waals surface area contributed by atoms with Crippen molar-refractivity contribution in [2.75, 3.05) is 19.6 Å². The highest BCUT2D eigenvalue weighted by Crippen LogP contribution is 2.30. The highest BCUT2D eigenvalue weighted by atomic mass is 16.4. The van der Waals surface area contributed by atoms with Gasteiger partial charge >= 0.3 is 5.97 Å². The van der Waals surface area contributed by atoms with Gasteiger partial charge in [0.25, 0.3) is 0 Å². The molecule has 1 atom stereocenters. The van der Waals surface area contributed by atoms with Gasteiger partial charge in [-0.05, 0) is 31.2 Å². The fourth-order valence-electron chi connectivity index (χ4n) is 1.80. The molecule has 17 heavy (non-hydrogen) atoms. The SMILES string of the molecule is CCC(CN)CC(=O)N(CC(=O)O)CC1CC1. The zero-order valence-electron chi connectivity index (χ0n) is 10.4. The van der Waals surface area contributed by atoms with Gasteiger partial charge in [-0.2, -0.15) is 0 Å². The van der Waals surface area contributed by atoms with E-state index in [2.05, 4.69) is 0 Å². The topological polar surface area (TPSA) is 83.6 Å². The van der Waals surface area contributed by atoms with E-state index >= 15 is 0 Å². The molecular weight excluding hydrogens is 220 g/mol. The van der Waals surface area contributed by atoms with Gasteiger partial charge in [-0.1, -0.05) is 13.3 Å². The Hall–Kier alpha value is -1.10. The second kappa shape index (κ2) is 6.59. The third-order valence-corrected chi connectivity index (χ3v) is 3.23. The van der Waals surface area contributed by atoms with Crippen molar-refractivity contribution < 1.29 is 14.7 Å². The van der Waals surface area contributed by atoms with Gasteiger partial charge in [0.15, 0.2) is 0 Å². The monoisotopic (exact) mass is 242 g/mol. The number of aliphatic carboxylic acids is 1. The van der Waals surface area contributed by atoms with Crippen LogP contribution in [0.5, 0.6) is 0 Å². The van der Waals surface area contributed by atoms with E-state index in [0.29, 0.717) is 25.4 Å². The minimum Gasteiger partial charge on any atom is -0.480 e. The quantitative estimate of drug-likeness (QED) is 0.655. The second-order valence-corrected chi connectivity index (χ2v) is 4.83. The molecule has 1 saturated carbocycles. The lowest BCUT2D eigenvalue weighted by atomic mass is 10.0. The number of nitrogens with two attached hydrogens (primary N) is 1. The number of carbonyl (C=O) groups is 2. The van der Waals surface area contributed by atoms with E-state index in [9.17, 15) is 9.59 Å². The summed E-state index contributed by atoms with van der Waals surface area (Å²) in [5, 5.41) is 8.80. The molecule has 3 N–H and O–H groups in total. The largest absolute Gasteiger partial charge is 0.480 e. The number of hydrogen-bond donors (Lipinski definition) is 2. The number of amides is 1. The summed E-state index contributed by atoms with van der Waals surface area (Å²) >= 11 is 0. The summed E-state index contributed by atoms with van der Waals surface area (Å²) in [6, 6.07) is 0. The molecule has 0 aliphatic heterocycles. The summed E-state index contributed by atoms with van der Waals surface area (Å²) in [6.07, 6.45) is 3.44. The molecule has 0 aromatic rings. The predicted octanol–water partition coefficient (Wildman–Crippen LogP) is 0.685. The van der Waals surface area contributed by atoms with Crippen LogP contribution in [-0.2, 0) is 9.59 Å². The van der Waals surface area contributed by atoms with Crippen molar-refractivity contribution in [3.63, 3.8) is 0 Å². The Bertz CT molecular complexity index is 273. The third-order valence-electron chi connectivity index (χ3n) is 3.23. The molecule has 5 nitrogen and oxygen atoms in total. The van der Waals surface area contributed by atoms with Crippen molar-refractivity contribution in [2.45, 2.75) is 32.6 Å². The molecule has 0 spiro atoms. The summed E-state index contributed by atoms with van der Waals surface area (Å²) in [6.45, 7) is 2.88. The molecule has 0 aromatic carbocycles. The summed E-state index contributed by atoms with van der Waals surface area (Å²) in [5.74, 6) is -0.342. The summed E-state index contributed by atoms with van der Waals surface area (Å²) in [4.78, 5) is 24.2. The average molecular weight is 242 g/mol. The van der Waals surface area contributed by atoms with Crippen LogP contribution in [-0.4, -0.2) is 41.5 Å². The molecule has 1 rings (SSSR count). The van der Waals surface area contributed by atoms with E-state index in [0.717, 1.165) is 19.3 Å². The van der Waals surface area contributed by atoms with Gasteiger partial charge in [0.05, 0.1) is 0 Å². The van der Waals surface area contributed by atoms with Crippen molar-refractivity contribution >= 4 is 11.9 Å². The zero-order valence-corrected chi connectivity index (χ0v) is 10.4. The number of nitrogens with zero attached hydrogens (tertiary/aromatic N) is 1. The Kier molecular flexibility index (Phi) is 5.41. The fourth-order valence-corrected chi connectivity index (χ4v) is 1.80. The first kappa shape index (κ1) is 14.0. The van der Waals surface area contributed by atoms with Gasteiger partial charge < -0.3 is 15.7 Å². The molecule has 1 aliphatic rings. The Morgan fingerprint density at radius 2 is 2.12 bits per heavy atom. The van der Waals surface area contributed by atoms with Crippen LogP contribution in [0, 0.1) is 11.8 Å². The smallest absolute Gasteiger partial charge is 0.323 e. The summed E-state index contributed by atoms with van der Waals surface area (Å²) in [7, 11) is 0. The molecule has 0 saturated heterocycles. The van der Waals surface area contributed by atoms with Crippen LogP contribution in [0.3, 0.4) is 0 Å². The normalized spacial score (nSPS) is 16.6. The van der Waals surface area contributed by atoms with Gasteiger partial charge in [-0.15, -0.1) is 0 Å². The molecule has 0 bridgehead atoms. The van der Waals surface area contributed by atoms with Crippen molar-refractivity contribution in [2.24, 2.45) is 17.6 Å². The van der Waals surface area contributed by atoms with Crippen LogP contribution in [0.15, 0.2) is 0 Å². The first-order valence-electron chi connectivity index (χ1n) is 6.26. The lowest BCUT2D eigenvalue weighted by Crippen LogP contribution is -2.38. The van der Waals surface area contributed by atoms with Gasteiger partial charge in [-0.25, -0.2) is 0 Å². The third kappa shape index (κ3) is 5.17. The van der Waals surface area contributed by atoms with E-state index in [-0.39, 0.29) is 18.4 Å². The average Bonchev–Trinajstić information content (AvgIpc) is 3.07. The molecule has 1 unspecified atom stereocenters. The van der Waals surface area contributed by atoms with Crippen molar-refractivity contribution in [3.05, 3.63) is 0 Å². The molecule has 1 fully saturated rings. The van der Waals surface area contributed by atoms with Crippen molar-refractivity contribution in [3.8, 4) is 0 Å². The Balaban J connectivity index is 2.48. The van der Waals surface area contributed by atoms with Gasteiger partial charge in [0, 0.05) is 13.0 Å². The zero-order chi connectivity index (χ0) is 12.8. The van der Waals surface area contributed by atoms with Gasteiger partial charge in [0.1, 0.15) is 6.54 Å². The maximum Gasteiger partial charge on any atom is 0.323 e.